The molecule has 0 bridgehead atoms. The Bertz CT molecular complexity index is 706. The maximum atomic E-state index is 11.8. The predicted octanol–water partition coefficient (Wildman–Crippen LogP) is 0.159. The standard InChI is InChI=1S/C16H16O8/c17-10-3-1-8(5-11(10)18)2-4-14(21)24-15-12(19)6-9(16(22)23)7-13(15)20/h1-6,12-13,15,17-20H,7H2,(H,22,23)/b4-2+/t12-,13-,15-/m1/s1. The summed E-state index contributed by atoms with van der Waals surface area (Å²) in [5.74, 6) is -2.78. The zero-order valence-electron chi connectivity index (χ0n) is 12.4. The van der Waals surface area contributed by atoms with Crippen LogP contribution in [0.25, 0.3) is 6.08 Å². The van der Waals surface area contributed by atoms with Gasteiger partial charge in [-0.3, -0.25) is 0 Å². The van der Waals surface area contributed by atoms with Crippen LogP contribution in [0.15, 0.2) is 35.9 Å². The Morgan fingerprint density at radius 1 is 1.17 bits per heavy atom. The van der Waals surface area contributed by atoms with Crippen LogP contribution in [0.3, 0.4) is 0 Å². The van der Waals surface area contributed by atoms with Gasteiger partial charge in [0.2, 0.25) is 0 Å². The van der Waals surface area contributed by atoms with E-state index in [1.165, 1.54) is 24.3 Å². The van der Waals surface area contributed by atoms with Crippen LogP contribution in [0.5, 0.6) is 11.5 Å². The summed E-state index contributed by atoms with van der Waals surface area (Å²) in [4.78, 5) is 22.6. The van der Waals surface area contributed by atoms with Crippen LogP contribution >= 0.6 is 0 Å². The molecule has 0 saturated carbocycles. The summed E-state index contributed by atoms with van der Waals surface area (Å²) in [5, 5.41) is 47.0. The Morgan fingerprint density at radius 3 is 2.46 bits per heavy atom. The van der Waals surface area contributed by atoms with Crippen molar-refractivity contribution in [1.29, 1.82) is 0 Å². The number of carbonyl (C=O) groups excluding carboxylic acids is 1. The maximum absolute atomic E-state index is 11.8. The van der Waals surface area contributed by atoms with Crippen molar-refractivity contribution < 1.29 is 39.9 Å². The highest BCUT2D eigenvalue weighted by molar-refractivity contribution is 5.88. The highest BCUT2D eigenvalue weighted by atomic mass is 16.6. The minimum Gasteiger partial charge on any atom is -0.504 e. The van der Waals surface area contributed by atoms with Crippen LogP contribution in [-0.4, -0.2) is 55.8 Å². The molecule has 0 amide bonds. The van der Waals surface area contributed by atoms with Gasteiger partial charge in [-0.15, -0.1) is 0 Å². The number of phenolic OH excluding ortho intramolecular Hbond substituents is 2. The van der Waals surface area contributed by atoms with Crippen LogP contribution in [-0.2, 0) is 14.3 Å². The molecule has 0 spiro atoms. The highest BCUT2D eigenvalue weighted by Crippen LogP contribution is 2.26. The van der Waals surface area contributed by atoms with Crippen LogP contribution < -0.4 is 0 Å². The summed E-state index contributed by atoms with van der Waals surface area (Å²) in [6.45, 7) is 0. The minimum atomic E-state index is -1.44. The number of rotatable bonds is 4. The fraction of sp³-hybridized carbons (Fsp3) is 0.250. The molecule has 1 aliphatic rings. The topological polar surface area (TPSA) is 145 Å². The molecule has 1 aromatic rings. The first-order valence-corrected chi connectivity index (χ1v) is 6.98. The van der Waals surface area contributed by atoms with E-state index < -0.39 is 30.3 Å². The van der Waals surface area contributed by atoms with E-state index in [1.807, 2.05) is 0 Å². The average molecular weight is 336 g/mol. The largest absolute Gasteiger partial charge is 0.504 e. The number of aromatic hydroxyl groups is 2. The number of carboxylic acid groups (broad SMARTS) is 1. The van der Waals surface area contributed by atoms with Gasteiger partial charge in [0.25, 0.3) is 0 Å². The molecule has 0 radical (unpaired) electrons. The van der Waals surface area contributed by atoms with Crippen molar-refractivity contribution in [1.82, 2.24) is 0 Å². The Morgan fingerprint density at radius 2 is 1.88 bits per heavy atom. The second-order valence-corrected chi connectivity index (χ2v) is 5.24. The smallest absolute Gasteiger partial charge is 0.331 e. The molecule has 0 fully saturated rings. The molecule has 5 N–H and O–H groups in total. The number of hydrogen-bond acceptors (Lipinski definition) is 7. The van der Waals surface area contributed by atoms with Crippen molar-refractivity contribution >= 4 is 18.0 Å². The predicted molar refractivity (Wildman–Crippen MR) is 81.0 cm³/mol. The number of carboxylic acids is 1. The first-order chi connectivity index (χ1) is 11.3. The number of carbonyl (C=O) groups is 2. The summed E-state index contributed by atoms with van der Waals surface area (Å²) in [6, 6.07) is 3.92. The fourth-order valence-electron chi connectivity index (χ4n) is 2.23. The summed E-state index contributed by atoms with van der Waals surface area (Å²) in [7, 11) is 0. The highest BCUT2D eigenvalue weighted by Gasteiger charge is 2.35. The van der Waals surface area contributed by atoms with Gasteiger partial charge in [0, 0.05) is 18.1 Å². The van der Waals surface area contributed by atoms with Gasteiger partial charge in [0.05, 0.1) is 6.10 Å². The van der Waals surface area contributed by atoms with E-state index in [1.54, 1.807) is 0 Å². The Kier molecular flexibility index (Phi) is 5.22. The lowest BCUT2D eigenvalue weighted by atomic mass is 9.92. The third kappa shape index (κ3) is 4.12. The van der Waals surface area contributed by atoms with Gasteiger partial charge in [-0.25, -0.2) is 9.59 Å². The van der Waals surface area contributed by atoms with E-state index in [2.05, 4.69) is 0 Å². The van der Waals surface area contributed by atoms with E-state index >= 15 is 0 Å². The fourth-order valence-corrected chi connectivity index (χ4v) is 2.23. The minimum absolute atomic E-state index is 0.155. The third-order valence-electron chi connectivity index (χ3n) is 3.46. The summed E-state index contributed by atoms with van der Waals surface area (Å²) in [6.07, 6.45) is -0.961. The molecule has 0 unspecified atom stereocenters. The van der Waals surface area contributed by atoms with Gasteiger partial charge in [-0.2, -0.15) is 0 Å². The lowest BCUT2D eigenvalue weighted by Gasteiger charge is -2.29. The Balaban J connectivity index is 2.02. The van der Waals surface area contributed by atoms with Crippen molar-refractivity contribution in [3.63, 3.8) is 0 Å². The van der Waals surface area contributed by atoms with Gasteiger partial charge in [0.15, 0.2) is 17.6 Å². The first-order valence-electron chi connectivity index (χ1n) is 6.98. The molecular formula is C16H16O8. The number of phenols is 2. The van der Waals surface area contributed by atoms with E-state index in [9.17, 15) is 30.0 Å². The number of aliphatic carboxylic acids is 1. The molecule has 128 valence electrons. The van der Waals surface area contributed by atoms with Crippen molar-refractivity contribution in [2.24, 2.45) is 0 Å². The zero-order valence-corrected chi connectivity index (χ0v) is 12.4. The van der Waals surface area contributed by atoms with Crippen molar-refractivity contribution in [2.75, 3.05) is 0 Å². The van der Waals surface area contributed by atoms with E-state index in [0.29, 0.717) is 5.56 Å². The van der Waals surface area contributed by atoms with E-state index in [0.717, 1.165) is 12.2 Å². The second-order valence-electron chi connectivity index (χ2n) is 5.24. The molecular weight excluding hydrogens is 320 g/mol. The van der Waals surface area contributed by atoms with Crippen molar-refractivity contribution in [3.05, 3.63) is 41.5 Å². The second kappa shape index (κ2) is 7.16. The maximum Gasteiger partial charge on any atom is 0.331 e. The van der Waals surface area contributed by atoms with Gasteiger partial charge >= 0.3 is 11.9 Å². The monoisotopic (exact) mass is 336 g/mol. The summed E-state index contributed by atoms with van der Waals surface area (Å²) >= 11 is 0. The molecule has 0 saturated heterocycles. The van der Waals surface area contributed by atoms with Crippen LogP contribution in [0, 0.1) is 0 Å². The van der Waals surface area contributed by atoms with Gasteiger partial charge < -0.3 is 30.3 Å². The van der Waals surface area contributed by atoms with Crippen LogP contribution in [0.4, 0.5) is 0 Å². The van der Waals surface area contributed by atoms with Crippen molar-refractivity contribution in [2.45, 2.75) is 24.7 Å². The lowest BCUT2D eigenvalue weighted by molar-refractivity contribution is -0.157. The number of ether oxygens (including phenoxy) is 1. The number of aliphatic hydroxyl groups excluding tert-OH is 2. The third-order valence-corrected chi connectivity index (χ3v) is 3.46. The molecule has 0 aromatic heterocycles. The summed E-state index contributed by atoms with van der Waals surface area (Å²) in [5.41, 5.74) is 0.262. The number of aliphatic hydroxyl groups is 2. The molecule has 8 heteroatoms. The molecule has 2 rings (SSSR count). The quantitative estimate of drug-likeness (QED) is 0.297. The van der Waals surface area contributed by atoms with E-state index in [4.69, 9.17) is 9.84 Å². The van der Waals surface area contributed by atoms with Gasteiger partial charge in [0.1, 0.15) is 6.10 Å². The molecule has 0 aliphatic heterocycles. The van der Waals surface area contributed by atoms with Gasteiger partial charge in [-0.1, -0.05) is 6.07 Å². The van der Waals surface area contributed by atoms with Crippen LogP contribution in [0.1, 0.15) is 12.0 Å². The SMILES string of the molecule is O=C(/C=C/c1ccc(O)c(O)c1)O[C@@H]1[C@H](O)C=C(C(=O)O)C[C@H]1O. The molecule has 24 heavy (non-hydrogen) atoms. The Hall–Kier alpha value is -2.84. The molecule has 1 aromatic carbocycles. The molecule has 8 nitrogen and oxygen atoms in total. The molecule has 3 atom stereocenters. The number of benzene rings is 1. The Labute approximate surface area is 136 Å². The van der Waals surface area contributed by atoms with Crippen LogP contribution in [0.2, 0.25) is 0 Å². The molecule has 1 aliphatic carbocycles. The van der Waals surface area contributed by atoms with Gasteiger partial charge in [-0.05, 0) is 29.8 Å². The number of esters is 1. The zero-order chi connectivity index (χ0) is 17.9. The normalized spacial score (nSPS) is 23.8. The first kappa shape index (κ1) is 17.5. The van der Waals surface area contributed by atoms with Crippen molar-refractivity contribution in [3.8, 4) is 11.5 Å². The average Bonchev–Trinajstić information content (AvgIpc) is 2.51. The van der Waals surface area contributed by atoms with E-state index in [-0.39, 0.29) is 23.5 Å². The lowest BCUT2D eigenvalue weighted by Crippen LogP contribution is -2.44. The number of hydrogen-bond donors (Lipinski definition) is 5. The molecule has 0 heterocycles. The summed E-state index contributed by atoms with van der Waals surface area (Å²) < 4.78 is 4.94.